The minimum absolute atomic E-state index is 0.0375. The maximum atomic E-state index is 12.3. The molecule has 10 nitrogen and oxygen atoms in total. The number of aromatic nitrogens is 2. The van der Waals surface area contributed by atoms with Crippen molar-refractivity contribution in [2.75, 3.05) is 25.6 Å². The van der Waals surface area contributed by atoms with Crippen molar-refractivity contribution in [2.45, 2.75) is 20.8 Å². The van der Waals surface area contributed by atoms with Crippen LogP contribution in [0.3, 0.4) is 0 Å². The van der Waals surface area contributed by atoms with Crippen molar-refractivity contribution in [2.24, 2.45) is 0 Å². The summed E-state index contributed by atoms with van der Waals surface area (Å²) in [5.41, 5.74) is 1.06. The van der Waals surface area contributed by atoms with Gasteiger partial charge in [0.05, 0.1) is 28.9 Å². The highest BCUT2D eigenvalue weighted by Crippen LogP contribution is 2.33. The molecule has 0 aliphatic rings. The van der Waals surface area contributed by atoms with Crippen LogP contribution in [0.4, 0.5) is 5.00 Å². The molecule has 2 aromatic heterocycles. The molecule has 0 saturated heterocycles. The maximum Gasteiger partial charge on any atom is 0.359 e. The lowest BCUT2D eigenvalue weighted by molar-refractivity contribution is -0.119. The van der Waals surface area contributed by atoms with E-state index in [0.29, 0.717) is 11.3 Å². The molecule has 0 unspecified atom stereocenters. The highest BCUT2D eigenvalue weighted by atomic mass is 32.1. The summed E-state index contributed by atoms with van der Waals surface area (Å²) in [7, 11) is 1.46. The number of thiophene rings is 1. The number of hydrogen-bond acceptors (Lipinski definition) is 9. The second kappa shape index (κ2) is 9.73. The number of ether oxygens (including phenoxy) is 2. The molecule has 0 aliphatic carbocycles. The first kappa shape index (κ1) is 22.0. The number of amides is 2. The third kappa shape index (κ3) is 5.35. The largest absolute Gasteiger partial charge is 0.462 e. The van der Waals surface area contributed by atoms with E-state index >= 15 is 0 Å². The third-order valence-corrected chi connectivity index (χ3v) is 4.84. The Kier molecular flexibility index (Phi) is 7.37. The van der Waals surface area contributed by atoms with Gasteiger partial charge < -0.3 is 20.1 Å². The molecule has 0 bridgehead atoms. The van der Waals surface area contributed by atoms with Gasteiger partial charge in [-0.25, -0.2) is 14.6 Å². The fourth-order valence-electron chi connectivity index (χ4n) is 2.25. The molecule has 11 heteroatoms. The topological polar surface area (TPSA) is 137 Å². The van der Waals surface area contributed by atoms with Gasteiger partial charge in [-0.1, -0.05) is 0 Å². The number of carbonyl (C=O) groups is 4. The summed E-state index contributed by atoms with van der Waals surface area (Å²) in [6, 6.07) is 0. The average Bonchev–Trinajstić information content (AvgIpc) is 3.02. The zero-order chi connectivity index (χ0) is 21.6. The number of anilines is 1. The normalized spacial score (nSPS) is 10.2. The minimum atomic E-state index is -0.813. The molecule has 2 N–H and O–H groups in total. The number of esters is 2. The van der Waals surface area contributed by atoms with Gasteiger partial charge in [0.25, 0.3) is 11.8 Å². The van der Waals surface area contributed by atoms with Crippen molar-refractivity contribution in [1.29, 1.82) is 0 Å². The monoisotopic (exact) mass is 420 g/mol. The van der Waals surface area contributed by atoms with E-state index < -0.39 is 30.4 Å². The van der Waals surface area contributed by atoms with Crippen LogP contribution in [-0.4, -0.2) is 54.0 Å². The first-order chi connectivity index (χ1) is 13.8. The Balaban J connectivity index is 2.13. The van der Waals surface area contributed by atoms with Gasteiger partial charge in [0.1, 0.15) is 5.00 Å². The van der Waals surface area contributed by atoms with Gasteiger partial charge in [-0.05, 0) is 26.3 Å². The van der Waals surface area contributed by atoms with E-state index in [1.165, 1.54) is 19.4 Å². The zero-order valence-corrected chi connectivity index (χ0v) is 17.1. The zero-order valence-electron chi connectivity index (χ0n) is 16.3. The first-order valence-corrected chi connectivity index (χ1v) is 9.38. The molecule has 2 rings (SSSR count). The van der Waals surface area contributed by atoms with Gasteiger partial charge in [0.15, 0.2) is 12.3 Å². The molecule has 0 saturated carbocycles. The van der Waals surface area contributed by atoms with Crippen LogP contribution in [0.5, 0.6) is 0 Å². The number of carbonyl (C=O) groups excluding carboxylic acids is 4. The maximum absolute atomic E-state index is 12.3. The summed E-state index contributed by atoms with van der Waals surface area (Å²) in [5, 5.41) is 5.10. The summed E-state index contributed by atoms with van der Waals surface area (Å²) in [6.45, 7) is 4.46. The molecule has 0 aromatic carbocycles. The predicted octanol–water partition coefficient (Wildman–Crippen LogP) is 1.49. The molecule has 2 heterocycles. The lowest BCUT2D eigenvalue weighted by atomic mass is 10.1. The summed E-state index contributed by atoms with van der Waals surface area (Å²) in [6.07, 6.45) is 2.64. The van der Waals surface area contributed by atoms with Crippen molar-refractivity contribution in [3.8, 4) is 0 Å². The highest BCUT2D eigenvalue weighted by molar-refractivity contribution is 7.18. The Bertz CT molecular complexity index is 939. The van der Waals surface area contributed by atoms with Crippen molar-refractivity contribution in [3.05, 3.63) is 39.8 Å². The van der Waals surface area contributed by atoms with E-state index in [0.717, 1.165) is 11.3 Å². The second-order valence-corrected chi connectivity index (χ2v) is 6.75. The summed E-state index contributed by atoms with van der Waals surface area (Å²) < 4.78 is 9.92. The summed E-state index contributed by atoms with van der Waals surface area (Å²) in [4.78, 5) is 56.5. The molecule has 0 atom stereocenters. The SMILES string of the molecule is CCOC(=O)c1c(NC(=O)COC(=O)c2cnc(C)cn2)sc(C(=O)NC)c1C. The fraction of sp³-hybridized carbons (Fsp3) is 0.333. The van der Waals surface area contributed by atoms with Crippen LogP contribution in [0.2, 0.25) is 0 Å². The smallest absolute Gasteiger partial charge is 0.359 e. The standard InChI is InChI=1S/C18H20N4O6S/c1-5-27-18(26)13-10(3)14(15(24)19-4)29-16(13)22-12(23)8-28-17(25)11-7-20-9(2)6-21-11/h6-7H,5,8H2,1-4H3,(H,19,24)(H,22,23). The van der Waals surface area contributed by atoms with Gasteiger partial charge >= 0.3 is 11.9 Å². The van der Waals surface area contributed by atoms with E-state index in [2.05, 4.69) is 20.6 Å². The number of nitrogens with zero attached hydrogens (tertiary/aromatic N) is 2. The van der Waals surface area contributed by atoms with Crippen LogP contribution in [0, 0.1) is 13.8 Å². The van der Waals surface area contributed by atoms with Gasteiger partial charge in [0.2, 0.25) is 0 Å². The van der Waals surface area contributed by atoms with Crippen molar-refractivity contribution in [3.63, 3.8) is 0 Å². The van der Waals surface area contributed by atoms with E-state index in [1.807, 2.05) is 0 Å². The minimum Gasteiger partial charge on any atom is -0.462 e. The molecule has 0 fully saturated rings. The Morgan fingerprint density at radius 1 is 1.07 bits per heavy atom. The predicted molar refractivity (Wildman–Crippen MR) is 104 cm³/mol. The van der Waals surface area contributed by atoms with Crippen LogP contribution in [0.1, 0.15) is 48.7 Å². The van der Waals surface area contributed by atoms with E-state index in [1.54, 1.807) is 20.8 Å². The third-order valence-electron chi connectivity index (χ3n) is 3.64. The lowest BCUT2D eigenvalue weighted by Crippen LogP contribution is -2.22. The first-order valence-electron chi connectivity index (χ1n) is 8.56. The number of rotatable bonds is 7. The fourth-order valence-corrected chi connectivity index (χ4v) is 3.40. The van der Waals surface area contributed by atoms with Gasteiger partial charge in [-0.15, -0.1) is 11.3 Å². The number of nitrogens with one attached hydrogen (secondary N) is 2. The van der Waals surface area contributed by atoms with E-state index in [-0.39, 0.29) is 27.7 Å². The molecule has 29 heavy (non-hydrogen) atoms. The van der Waals surface area contributed by atoms with Crippen LogP contribution in [-0.2, 0) is 14.3 Å². The Labute approximate surface area is 170 Å². The molecule has 0 radical (unpaired) electrons. The summed E-state index contributed by atoms with van der Waals surface area (Å²) in [5.74, 6) is -2.57. The lowest BCUT2D eigenvalue weighted by Gasteiger charge is -2.07. The average molecular weight is 420 g/mol. The Morgan fingerprint density at radius 2 is 1.79 bits per heavy atom. The molecule has 2 aromatic rings. The van der Waals surface area contributed by atoms with Gasteiger partial charge in [-0.2, -0.15) is 0 Å². The number of hydrogen-bond donors (Lipinski definition) is 2. The van der Waals surface area contributed by atoms with Crippen LogP contribution >= 0.6 is 11.3 Å². The second-order valence-electron chi connectivity index (χ2n) is 5.73. The summed E-state index contributed by atoms with van der Waals surface area (Å²) >= 11 is 0.926. The van der Waals surface area contributed by atoms with Crippen molar-refractivity contribution in [1.82, 2.24) is 15.3 Å². The Hall–Kier alpha value is -3.34. The van der Waals surface area contributed by atoms with Crippen molar-refractivity contribution >= 4 is 40.1 Å². The molecule has 154 valence electrons. The van der Waals surface area contributed by atoms with Crippen LogP contribution in [0.15, 0.2) is 12.4 Å². The molecular weight excluding hydrogens is 400 g/mol. The van der Waals surface area contributed by atoms with E-state index in [4.69, 9.17) is 9.47 Å². The number of aryl methyl sites for hydroxylation is 1. The highest BCUT2D eigenvalue weighted by Gasteiger charge is 2.26. The van der Waals surface area contributed by atoms with Crippen LogP contribution < -0.4 is 10.6 Å². The Morgan fingerprint density at radius 3 is 2.38 bits per heavy atom. The quantitative estimate of drug-likeness (QED) is 0.643. The van der Waals surface area contributed by atoms with Gasteiger partial charge in [0, 0.05) is 13.2 Å². The van der Waals surface area contributed by atoms with E-state index in [9.17, 15) is 19.2 Å². The molecular formula is C18H20N4O6S. The van der Waals surface area contributed by atoms with Gasteiger partial charge in [-0.3, -0.25) is 14.6 Å². The van der Waals surface area contributed by atoms with Crippen LogP contribution in [0.25, 0.3) is 0 Å². The van der Waals surface area contributed by atoms with Crippen molar-refractivity contribution < 1.29 is 28.7 Å². The molecule has 0 aliphatic heterocycles. The molecule has 2 amide bonds. The molecule has 0 spiro atoms.